The lowest BCUT2D eigenvalue weighted by Gasteiger charge is -2.36. The zero-order chi connectivity index (χ0) is 13.1. The summed E-state index contributed by atoms with van der Waals surface area (Å²) in [6.07, 6.45) is 2.39. The molecule has 0 radical (unpaired) electrons. The monoisotopic (exact) mass is 246 g/mol. The molecule has 0 aliphatic carbocycles. The van der Waals surface area contributed by atoms with E-state index in [1.165, 1.54) is 25.0 Å². The summed E-state index contributed by atoms with van der Waals surface area (Å²) in [5, 5.41) is 8.85. The Morgan fingerprint density at radius 3 is 2.83 bits per heavy atom. The third-order valence-electron chi connectivity index (χ3n) is 3.75. The van der Waals surface area contributed by atoms with E-state index in [1.54, 1.807) is 6.07 Å². The van der Waals surface area contributed by atoms with Gasteiger partial charge in [-0.3, -0.25) is 4.90 Å². The Bertz CT molecular complexity index is 464. The molecule has 0 N–H and O–H groups in total. The van der Waals surface area contributed by atoms with E-state index in [4.69, 9.17) is 5.26 Å². The second kappa shape index (κ2) is 5.49. The number of hydrogen-bond donors (Lipinski definition) is 0. The van der Waals surface area contributed by atoms with Crippen LogP contribution >= 0.6 is 0 Å². The summed E-state index contributed by atoms with van der Waals surface area (Å²) in [6, 6.07) is 7.14. The van der Waals surface area contributed by atoms with Crippen molar-refractivity contribution < 1.29 is 4.39 Å². The fourth-order valence-electron chi connectivity index (χ4n) is 2.73. The van der Waals surface area contributed by atoms with Gasteiger partial charge in [-0.25, -0.2) is 4.39 Å². The predicted octanol–water partition coefficient (Wildman–Crippen LogP) is 3.32. The molecule has 3 heteroatoms. The van der Waals surface area contributed by atoms with Gasteiger partial charge in [-0.15, -0.1) is 0 Å². The first-order valence-electron chi connectivity index (χ1n) is 6.52. The van der Waals surface area contributed by atoms with E-state index in [0.717, 1.165) is 24.6 Å². The van der Waals surface area contributed by atoms with Crippen LogP contribution in [-0.2, 0) is 6.54 Å². The van der Waals surface area contributed by atoms with Crippen molar-refractivity contribution in [3.05, 3.63) is 35.1 Å². The molecule has 1 heterocycles. The van der Waals surface area contributed by atoms with E-state index >= 15 is 0 Å². The van der Waals surface area contributed by atoms with E-state index < -0.39 is 0 Å². The van der Waals surface area contributed by atoms with Crippen LogP contribution in [0.15, 0.2) is 18.2 Å². The fraction of sp³-hybridized carbons (Fsp3) is 0.533. The van der Waals surface area contributed by atoms with E-state index in [-0.39, 0.29) is 5.82 Å². The Hall–Kier alpha value is -1.40. The van der Waals surface area contributed by atoms with Crippen LogP contribution in [0.5, 0.6) is 0 Å². The lowest BCUT2D eigenvalue weighted by atomic mass is 9.93. The Labute approximate surface area is 108 Å². The summed E-state index contributed by atoms with van der Waals surface area (Å²) >= 11 is 0. The predicted molar refractivity (Wildman–Crippen MR) is 69.4 cm³/mol. The Kier molecular flexibility index (Phi) is 3.98. The molecule has 1 saturated heterocycles. The first kappa shape index (κ1) is 13.0. The maximum atomic E-state index is 13.4. The molecule has 1 aliphatic rings. The molecular formula is C15H19FN2. The second-order valence-corrected chi connectivity index (χ2v) is 5.41. The minimum atomic E-state index is -0.318. The van der Waals surface area contributed by atoms with Gasteiger partial charge in [0, 0.05) is 12.6 Å². The van der Waals surface area contributed by atoms with Crippen molar-refractivity contribution in [2.24, 2.45) is 5.92 Å². The van der Waals surface area contributed by atoms with Crippen molar-refractivity contribution >= 4 is 0 Å². The van der Waals surface area contributed by atoms with Gasteiger partial charge in [-0.2, -0.15) is 5.26 Å². The zero-order valence-corrected chi connectivity index (χ0v) is 11.0. The van der Waals surface area contributed by atoms with Crippen LogP contribution in [0.25, 0.3) is 0 Å². The molecular weight excluding hydrogens is 227 g/mol. The van der Waals surface area contributed by atoms with Crippen LogP contribution in [0.1, 0.15) is 37.8 Å². The lowest BCUT2D eigenvalue weighted by Crippen LogP contribution is -2.39. The molecule has 1 fully saturated rings. The number of hydrogen-bond acceptors (Lipinski definition) is 2. The normalized spacial score (nSPS) is 24.8. The van der Waals surface area contributed by atoms with Gasteiger partial charge in [-0.1, -0.05) is 6.92 Å². The highest BCUT2D eigenvalue weighted by molar-refractivity contribution is 5.33. The van der Waals surface area contributed by atoms with Crippen LogP contribution in [0.3, 0.4) is 0 Å². The van der Waals surface area contributed by atoms with Gasteiger partial charge in [-0.05, 0) is 56.0 Å². The molecule has 1 aromatic carbocycles. The van der Waals surface area contributed by atoms with Crippen molar-refractivity contribution in [1.29, 1.82) is 5.26 Å². The van der Waals surface area contributed by atoms with Crippen LogP contribution in [0.4, 0.5) is 4.39 Å². The highest BCUT2D eigenvalue weighted by Gasteiger charge is 2.22. The number of nitriles is 1. The van der Waals surface area contributed by atoms with Crippen LogP contribution < -0.4 is 0 Å². The lowest BCUT2D eigenvalue weighted by molar-refractivity contribution is 0.122. The topological polar surface area (TPSA) is 27.0 Å². The maximum Gasteiger partial charge on any atom is 0.124 e. The third-order valence-corrected chi connectivity index (χ3v) is 3.75. The van der Waals surface area contributed by atoms with Crippen molar-refractivity contribution in [3.8, 4) is 6.07 Å². The van der Waals surface area contributed by atoms with Crippen molar-refractivity contribution in [2.45, 2.75) is 39.3 Å². The maximum absolute atomic E-state index is 13.4. The van der Waals surface area contributed by atoms with Gasteiger partial charge in [0.2, 0.25) is 0 Å². The van der Waals surface area contributed by atoms with Crippen molar-refractivity contribution in [2.75, 3.05) is 6.54 Å². The average molecular weight is 246 g/mol. The largest absolute Gasteiger partial charge is 0.296 e. The molecule has 18 heavy (non-hydrogen) atoms. The highest BCUT2D eigenvalue weighted by atomic mass is 19.1. The molecule has 0 amide bonds. The summed E-state index contributed by atoms with van der Waals surface area (Å²) in [5.74, 6) is 0.459. The van der Waals surface area contributed by atoms with Gasteiger partial charge in [0.25, 0.3) is 0 Å². The van der Waals surface area contributed by atoms with Crippen LogP contribution in [-0.4, -0.2) is 17.5 Å². The van der Waals surface area contributed by atoms with Crippen molar-refractivity contribution in [3.63, 3.8) is 0 Å². The van der Waals surface area contributed by atoms with Crippen molar-refractivity contribution in [1.82, 2.24) is 4.90 Å². The summed E-state index contributed by atoms with van der Waals surface area (Å²) in [5.41, 5.74) is 1.30. The number of rotatable bonds is 2. The molecule has 1 aromatic rings. The van der Waals surface area contributed by atoms with Crippen LogP contribution in [0.2, 0.25) is 0 Å². The highest BCUT2D eigenvalue weighted by Crippen LogP contribution is 2.24. The first-order chi connectivity index (χ1) is 8.58. The minimum Gasteiger partial charge on any atom is -0.296 e. The molecule has 1 aliphatic heterocycles. The second-order valence-electron chi connectivity index (χ2n) is 5.41. The Morgan fingerprint density at radius 1 is 1.39 bits per heavy atom. The standard InChI is InChI=1S/C15H19FN2/c1-11-3-4-18(12(2)5-11)10-14-6-13(9-17)7-15(16)8-14/h6-8,11-12H,3-5,10H2,1-2H3. The van der Waals surface area contributed by atoms with Gasteiger partial charge < -0.3 is 0 Å². The third kappa shape index (κ3) is 3.08. The number of likely N-dealkylation sites (tertiary alicyclic amines) is 1. The molecule has 0 aromatic heterocycles. The zero-order valence-electron chi connectivity index (χ0n) is 11.0. The summed E-state index contributed by atoms with van der Waals surface area (Å²) < 4.78 is 13.4. The van der Waals surface area contributed by atoms with Crippen LogP contribution in [0, 0.1) is 23.1 Å². The molecule has 2 atom stereocenters. The van der Waals surface area contributed by atoms with Gasteiger partial charge in [0.15, 0.2) is 0 Å². The molecule has 2 nitrogen and oxygen atoms in total. The fourth-order valence-corrected chi connectivity index (χ4v) is 2.73. The van der Waals surface area contributed by atoms with E-state index in [0.29, 0.717) is 11.6 Å². The Balaban J connectivity index is 2.10. The molecule has 0 spiro atoms. The first-order valence-corrected chi connectivity index (χ1v) is 6.52. The molecule has 2 unspecified atom stereocenters. The van der Waals surface area contributed by atoms with Gasteiger partial charge >= 0.3 is 0 Å². The van der Waals surface area contributed by atoms with Gasteiger partial charge in [0.1, 0.15) is 5.82 Å². The van der Waals surface area contributed by atoms with Gasteiger partial charge in [0.05, 0.1) is 11.6 Å². The van der Waals surface area contributed by atoms with E-state index in [1.807, 2.05) is 6.07 Å². The number of piperidine rings is 1. The number of benzene rings is 1. The van der Waals surface area contributed by atoms with E-state index in [2.05, 4.69) is 18.7 Å². The summed E-state index contributed by atoms with van der Waals surface area (Å²) in [4.78, 5) is 2.37. The average Bonchev–Trinajstić information content (AvgIpc) is 2.32. The smallest absolute Gasteiger partial charge is 0.124 e. The molecule has 0 saturated carbocycles. The number of halogens is 1. The Morgan fingerprint density at radius 2 is 2.17 bits per heavy atom. The summed E-state index contributed by atoms with van der Waals surface area (Å²) in [6.45, 7) is 6.30. The number of nitrogens with zero attached hydrogens (tertiary/aromatic N) is 2. The van der Waals surface area contributed by atoms with E-state index in [9.17, 15) is 4.39 Å². The SMILES string of the molecule is CC1CCN(Cc2cc(F)cc(C#N)c2)C(C)C1. The molecule has 2 rings (SSSR count). The quantitative estimate of drug-likeness (QED) is 0.800. The summed E-state index contributed by atoms with van der Waals surface area (Å²) in [7, 11) is 0. The molecule has 0 bridgehead atoms. The molecule has 96 valence electrons. The minimum absolute atomic E-state index is 0.318.